The number of amides is 1. The number of nitrogens with one attached hydrogen (secondary N) is 1. The number of aryl methyl sites for hydroxylation is 1. The van der Waals surface area contributed by atoms with Crippen molar-refractivity contribution in [1.82, 2.24) is 14.8 Å². The van der Waals surface area contributed by atoms with Crippen molar-refractivity contribution in [2.75, 3.05) is 5.32 Å². The molecule has 2 aromatic rings. The van der Waals surface area contributed by atoms with Gasteiger partial charge in [0.1, 0.15) is 6.17 Å². The van der Waals surface area contributed by atoms with Gasteiger partial charge in [-0.15, -0.1) is 0 Å². The fraction of sp³-hybridized carbons (Fsp3) is 0.444. The number of halogens is 4. The Bertz CT molecular complexity index is 915. The summed E-state index contributed by atoms with van der Waals surface area (Å²) in [7, 11) is 1.79. The van der Waals surface area contributed by atoms with Gasteiger partial charge in [-0.2, -0.15) is 18.3 Å². The predicted molar refractivity (Wildman–Crippen MR) is 99.0 cm³/mol. The second kappa shape index (κ2) is 9.20. The number of carboxylic acid groups (broad SMARTS) is 1. The van der Waals surface area contributed by atoms with Gasteiger partial charge in [-0.05, 0) is 25.0 Å². The first kappa shape index (κ1) is 23.3. The summed E-state index contributed by atoms with van der Waals surface area (Å²) in [5.41, 5.74) is 9.02. The van der Waals surface area contributed by atoms with Gasteiger partial charge in [0.15, 0.2) is 0 Å². The minimum absolute atomic E-state index is 0.224. The highest BCUT2D eigenvalue weighted by Crippen LogP contribution is 2.31. The summed E-state index contributed by atoms with van der Waals surface area (Å²) in [5, 5.41) is 14.1. The zero-order valence-electron chi connectivity index (χ0n) is 16.2. The third kappa shape index (κ3) is 5.53. The van der Waals surface area contributed by atoms with Crippen molar-refractivity contribution in [2.45, 2.75) is 38.2 Å². The van der Waals surface area contributed by atoms with Crippen LogP contribution in [-0.4, -0.2) is 44.1 Å². The smallest absolute Gasteiger partial charge is 0.475 e. The number of aliphatic carboxylic acids is 1. The third-order valence-corrected chi connectivity index (χ3v) is 4.58. The summed E-state index contributed by atoms with van der Waals surface area (Å²) >= 11 is 0. The van der Waals surface area contributed by atoms with Crippen LogP contribution in [0, 0.1) is 5.92 Å². The third-order valence-electron chi connectivity index (χ3n) is 4.58. The maximum absolute atomic E-state index is 14.3. The molecule has 164 valence electrons. The van der Waals surface area contributed by atoms with Gasteiger partial charge in [0.05, 0.1) is 29.2 Å². The molecule has 0 spiro atoms. The molecule has 1 aliphatic rings. The van der Waals surface area contributed by atoms with Crippen LogP contribution in [0.3, 0.4) is 0 Å². The quantitative estimate of drug-likeness (QED) is 0.551. The number of carboxylic acids is 1. The lowest BCUT2D eigenvalue weighted by Gasteiger charge is -2.20. The fourth-order valence-electron chi connectivity index (χ4n) is 2.82. The lowest BCUT2D eigenvalue weighted by molar-refractivity contribution is -0.192. The number of aromatic nitrogens is 3. The van der Waals surface area contributed by atoms with Gasteiger partial charge in [-0.3, -0.25) is 14.5 Å². The van der Waals surface area contributed by atoms with E-state index in [9.17, 15) is 22.4 Å². The molecule has 1 unspecified atom stereocenters. The number of hydrogen-bond acceptors (Lipinski definition) is 5. The molecular weight excluding hydrogens is 410 g/mol. The largest absolute Gasteiger partial charge is 0.490 e. The molecule has 0 saturated carbocycles. The van der Waals surface area contributed by atoms with Crippen molar-refractivity contribution >= 4 is 17.6 Å². The second-order valence-corrected chi connectivity index (χ2v) is 6.78. The van der Waals surface area contributed by atoms with E-state index in [1.54, 1.807) is 31.0 Å². The average Bonchev–Trinajstić information content (AvgIpc) is 3.04. The van der Waals surface area contributed by atoms with E-state index >= 15 is 0 Å². The van der Waals surface area contributed by atoms with E-state index in [0.717, 1.165) is 11.3 Å². The topological polar surface area (TPSA) is 123 Å². The van der Waals surface area contributed by atoms with Gasteiger partial charge >= 0.3 is 12.1 Å². The number of carbonyl (C=O) groups excluding carboxylic acids is 1. The molecule has 1 aliphatic heterocycles. The molecule has 0 aliphatic carbocycles. The summed E-state index contributed by atoms with van der Waals surface area (Å²) in [5.74, 6) is -3.86. The Hall–Kier alpha value is -3.02. The van der Waals surface area contributed by atoms with Gasteiger partial charge in [0.2, 0.25) is 5.91 Å². The molecule has 1 amide bonds. The average molecular weight is 431 g/mol. The molecule has 30 heavy (non-hydrogen) atoms. The zero-order chi connectivity index (χ0) is 22.6. The fourth-order valence-corrected chi connectivity index (χ4v) is 2.82. The van der Waals surface area contributed by atoms with E-state index < -0.39 is 24.2 Å². The summed E-state index contributed by atoms with van der Waals surface area (Å²) in [6, 6.07) is 3.35. The molecule has 0 radical (unpaired) electrons. The van der Waals surface area contributed by atoms with Gasteiger partial charge in [-0.25, -0.2) is 9.18 Å². The molecule has 2 bridgehead atoms. The van der Waals surface area contributed by atoms with Crippen LogP contribution in [0.15, 0.2) is 24.5 Å². The monoisotopic (exact) mass is 431 g/mol. The highest BCUT2D eigenvalue weighted by atomic mass is 19.4. The van der Waals surface area contributed by atoms with Crippen LogP contribution in [-0.2, 0) is 16.6 Å². The molecule has 3 heterocycles. The molecule has 0 fully saturated rings. The highest BCUT2D eigenvalue weighted by molar-refractivity contribution is 5.96. The SMILES string of the molecule is C[C@H]1C(=O)Nc2cnn(C)c2-c2ccnc(c2)[C@@H](N)CCC1F.O=C(O)C(F)(F)F. The molecular formula is C18H21F4N5O3. The van der Waals surface area contributed by atoms with Crippen LogP contribution in [0.2, 0.25) is 0 Å². The summed E-state index contributed by atoms with van der Waals surface area (Å²) in [6.07, 6.45) is -2.43. The molecule has 2 aromatic heterocycles. The van der Waals surface area contributed by atoms with Crippen LogP contribution in [0.4, 0.5) is 23.2 Å². The Labute approximate surface area is 169 Å². The van der Waals surface area contributed by atoms with E-state index in [0.29, 0.717) is 17.8 Å². The number of pyridine rings is 1. The summed E-state index contributed by atoms with van der Waals surface area (Å²) in [4.78, 5) is 25.5. The minimum Gasteiger partial charge on any atom is -0.475 e. The molecule has 4 N–H and O–H groups in total. The first-order valence-electron chi connectivity index (χ1n) is 8.90. The normalized spacial score (nSPS) is 21.8. The molecule has 3 atom stereocenters. The maximum Gasteiger partial charge on any atom is 0.490 e. The van der Waals surface area contributed by atoms with E-state index in [1.165, 1.54) is 0 Å². The Morgan fingerprint density at radius 3 is 2.60 bits per heavy atom. The van der Waals surface area contributed by atoms with Gasteiger partial charge in [-0.1, -0.05) is 6.92 Å². The number of rotatable bonds is 0. The second-order valence-electron chi connectivity index (χ2n) is 6.78. The maximum atomic E-state index is 14.3. The van der Waals surface area contributed by atoms with Crippen molar-refractivity contribution in [3.05, 3.63) is 30.2 Å². The Morgan fingerprint density at radius 2 is 2.00 bits per heavy atom. The first-order valence-corrected chi connectivity index (χ1v) is 8.90. The lowest BCUT2D eigenvalue weighted by Crippen LogP contribution is -2.29. The highest BCUT2D eigenvalue weighted by Gasteiger charge is 2.38. The Morgan fingerprint density at radius 1 is 1.37 bits per heavy atom. The Balaban J connectivity index is 0.000000396. The minimum atomic E-state index is -5.08. The summed E-state index contributed by atoms with van der Waals surface area (Å²) < 4.78 is 47.7. The zero-order valence-corrected chi connectivity index (χ0v) is 16.2. The van der Waals surface area contributed by atoms with Crippen LogP contribution < -0.4 is 11.1 Å². The van der Waals surface area contributed by atoms with Crippen molar-refractivity contribution in [3.63, 3.8) is 0 Å². The van der Waals surface area contributed by atoms with E-state index in [4.69, 9.17) is 15.6 Å². The number of anilines is 1. The molecule has 12 heteroatoms. The molecule has 0 saturated heterocycles. The summed E-state index contributed by atoms with van der Waals surface area (Å²) in [6.45, 7) is 1.59. The number of fused-ring (bicyclic) bond motifs is 4. The van der Waals surface area contributed by atoms with Gasteiger partial charge in [0, 0.05) is 24.8 Å². The van der Waals surface area contributed by atoms with E-state index in [1.807, 2.05) is 12.1 Å². The molecule has 3 rings (SSSR count). The van der Waals surface area contributed by atoms with E-state index in [-0.39, 0.29) is 18.4 Å². The molecule has 0 aromatic carbocycles. The predicted octanol–water partition coefficient (Wildman–Crippen LogP) is 2.82. The van der Waals surface area contributed by atoms with Crippen molar-refractivity contribution in [2.24, 2.45) is 18.7 Å². The number of nitrogens with zero attached hydrogens (tertiary/aromatic N) is 3. The van der Waals surface area contributed by atoms with Crippen molar-refractivity contribution in [3.8, 4) is 11.3 Å². The van der Waals surface area contributed by atoms with Crippen LogP contribution >= 0.6 is 0 Å². The van der Waals surface area contributed by atoms with Crippen LogP contribution in [0.25, 0.3) is 11.3 Å². The number of nitrogens with two attached hydrogens (primary N) is 1. The van der Waals surface area contributed by atoms with E-state index in [2.05, 4.69) is 15.4 Å². The van der Waals surface area contributed by atoms with Crippen molar-refractivity contribution in [1.29, 1.82) is 0 Å². The van der Waals surface area contributed by atoms with Gasteiger partial charge in [0.25, 0.3) is 0 Å². The van der Waals surface area contributed by atoms with Crippen LogP contribution in [0.5, 0.6) is 0 Å². The first-order chi connectivity index (χ1) is 13.9. The standard InChI is InChI=1S/C16H20FN5O.C2HF3O2/c1-9-11(17)3-4-12(18)13-7-10(5-6-19-13)15-14(21-16(9)23)8-20-22(15)2;3-2(4,5)1(6)7/h5-9,11-12H,3-4,18H2,1-2H3,(H,21,23);(H,6,7)/t9-,11?,12+;/m1./s1. The number of hydrogen-bond donors (Lipinski definition) is 3. The van der Waals surface area contributed by atoms with Crippen molar-refractivity contribution < 1.29 is 32.3 Å². The van der Waals surface area contributed by atoms with Gasteiger partial charge < -0.3 is 16.2 Å². The number of carbonyl (C=O) groups is 2. The molecule has 8 nitrogen and oxygen atoms in total. The lowest BCUT2D eigenvalue weighted by atomic mass is 9.96. The van der Waals surface area contributed by atoms with Crippen LogP contribution in [0.1, 0.15) is 31.5 Å². The Kier molecular flexibility index (Phi) is 7.13. The number of alkyl halides is 4.